The van der Waals surface area contributed by atoms with E-state index in [-0.39, 0.29) is 5.91 Å². The van der Waals surface area contributed by atoms with Gasteiger partial charge in [0.1, 0.15) is 11.8 Å². The van der Waals surface area contributed by atoms with Crippen molar-refractivity contribution < 1.29 is 4.79 Å². The minimum Gasteiger partial charge on any atom is -0.339 e. The quantitative estimate of drug-likeness (QED) is 0.681. The van der Waals surface area contributed by atoms with Crippen LogP contribution in [0.5, 0.6) is 0 Å². The van der Waals surface area contributed by atoms with Crippen molar-refractivity contribution in [2.24, 2.45) is 12.1 Å². The Labute approximate surface area is 117 Å². The van der Waals surface area contributed by atoms with Crippen molar-refractivity contribution in [3.8, 4) is 6.07 Å². The van der Waals surface area contributed by atoms with Gasteiger partial charge in [0.25, 0.3) is 5.91 Å². The maximum atomic E-state index is 11.8. The number of amides is 1. The molecule has 0 radical (unpaired) electrons. The summed E-state index contributed by atoms with van der Waals surface area (Å²) in [7, 11) is 1.81. The zero-order valence-electron chi connectivity index (χ0n) is 11.3. The van der Waals surface area contributed by atoms with Crippen LogP contribution in [-0.2, 0) is 7.05 Å². The summed E-state index contributed by atoms with van der Waals surface area (Å²) in [5.74, 6) is -0.268. The van der Waals surface area contributed by atoms with E-state index in [1.165, 1.54) is 6.21 Å². The number of nitrogens with one attached hydrogen (secondary N) is 1. The van der Waals surface area contributed by atoms with Crippen LogP contribution in [0, 0.1) is 18.3 Å². The molecule has 0 saturated carbocycles. The Morgan fingerprint density at radius 1 is 1.40 bits per heavy atom. The van der Waals surface area contributed by atoms with Crippen molar-refractivity contribution in [1.82, 2.24) is 9.99 Å². The Bertz CT molecular complexity index is 693. The Morgan fingerprint density at radius 2 is 2.10 bits per heavy atom. The number of hydrogen-bond donors (Lipinski definition) is 1. The molecule has 1 aromatic heterocycles. The highest BCUT2D eigenvalue weighted by molar-refractivity contribution is 5.94. The van der Waals surface area contributed by atoms with E-state index in [1.807, 2.05) is 20.0 Å². The summed E-state index contributed by atoms with van der Waals surface area (Å²) in [5, 5.41) is 12.9. The zero-order chi connectivity index (χ0) is 14.5. The third-order valence-corrected chi connectivity index (χ3v) is 3.09. The van der Waals surface area contributed by atoms with Crippen molar-refractivity contribution in [3.63, 3.8) is 0 Å². The summed E-state index contributed by atoms with van der Waals surface area (Å²) >= 11 is 0. The number of carbonyl (C=O) groups is 1. The van der Waals surface area contributed by atoms with E-state index in [9.17, 15) is 4.79 Å². The van der Waals surface area contributed by atoms with E-state index >= 15 is 0 Å². The number of aromatic nitrogens is 1. The lowest BCUT2D eigenvalue weighted by Crippen LogP contribution is -2.17. The topological polar surface area (TPSA) is 70.2 Å². The van der Waals surface area contributed by atoms with Crippen molar-refractivity contribution in [1.29, 1.82) is 5.26 Å². The monoisotopic (exact) mass is 266 g/mol. The van der Waals surface area contributed by atoms with Crippen molar-refractivity contribution in [2.75, 3.05) is 0 Å². The van der Waals surface area contributed by atoms with Crippen molar-refractivity contribution in [2.45, 2.75) is 6.92 Å². The highest BCUT2D eigenvalue weighted by atomic mass is 16.2. The highest BCUT2D eigenvalue weighted by Crippen LogP contribution is 2.10. The summed E-state index contributed by atoms with van der Waals surface area (Å²) in [5.41, 5.74) is 5.28. The minimum absolute atomic E-state index is 0.268. The largest absolute Gasteiger partial charge is 0.339 e. The van der Waals surface area contributed by atoms with Gasteiger partial charge in [-0.1, -0.05) is 18.2 Å². The summed E-state index contributed by atoms with van der Waals surface area (Å²) in [4.78, 5) is 11.8. The second-order valence-electron chi connectivity index (χ2n) is 4.31. The first kappa shape index (κ1) is 13.6. The molecular weight excluding hydrogens is 252 g/mol. The second-order valence-corrected chi connectivity index (χ2v) is 4.31. The summed E-state index contributed by atoms with van der Waals surface area (Å²) < 4.78 is 1.78. The van der Waals surface area contributed by atoms with E-state index in [1.54, 1.807) is 34.9 Å². The first-order valence-corrected chi connectivity index (χ1v) is 6.08. The number of hydrogen-bond acceptors (Lipinski definition) is 3. The standard InChI is InChI=1S/C15H14N4O/c1-11-13(8-14(9-16)19(11)2)10-17-18-15(20)12-6-4-3-5-7-12/h3-8,10H,1-2H3,(H,18,20)/b17-10-. The second kappa shape index (κ2) is 5.85. The van der Waals surface area contributed by atoms with Crippen molar-refractivity contribution >= 4 is 12.1 Å². The molecule has 0 aliphatic heterocycles. The fourth-order valence-electron chi connectivity index (χ4n) is 1.78. The third kappa shape index (κ3) is 2.75. The maximum absolute atomic E-state index is 11.8. The lowest BCUT2D eigenvalue weighted by molar-refractivity contribution is 0.0955. The van der Waals surface area contributed by atoms with Crippen LogP contribution >= 0.6 is 0 Å². The molecule has 1 N–H and O–H groups in total. The molecule has 0 unspecified atom stereocenters. The van der Waals surface area contributed by atoms with Gasteiger partial charge < -0.3 is 4.57 Å². The Kier molecular flexibility index (Phi) is 3.96. The molecule has 100 valence electrons. The first-order valence-electron chi connectivity index (χ1n) is 6.08. The highest BCUT2D eigenvalue weighted by Gasteiger charge is 2.07. The summed E-state index contributed by atoms with van der Waals surface area (Å²) in [6.45, 7) is 1.89. The number of rotatable bonds is 3. The van der Waals surface area contributed by atoms with Gasteiger partial charge in [-0.25, -0.2) is 5.43 Å². The maximum Gasteiger partial charge on any atom is 0.271 e. The van der Waals surface area contributed by atoms with Crippen LogP contribution in [0.25, 0.3) is 0 Å². The number of nitriles is 1. The Hall–Kier alpha value is -2.87. The van der Waals surface area contributed by atoms with E-state index in [0.717, 1.165) is 11.3 Å². The summed E-state index contributed by atoms with van der Waals surface area (Å²) in [6.07, 6.45) is 1.54. The summed E-state index contributed by atoms with van der Waals surface area (Å²) in [6, 6.07) is 12.7. The molecule has 1 aromatic carbocycles. The molecule has 1 amide bonds. The van der Waals surface area contributed by atoms with Crippen LogP contribution in [0.1, 0.15) is 27.3 Å². The first-order chi connectivity index (χ1) is 9.63. The average molecular weight is 266 g/mol. The third-order valence-electron chi connectivity index (χ3n) is 3.09. The fraction of sp³-hybridized carbons (Fsp3) is 0.133. The molecule has 0 bridgehead atoms. The van der Waals surface area contributed by atoms with Gasteiger partial charge in [0, 0.05) is 23.9 Å². The molecule has 0 saturated heterocycles. The Balaban J connectivity index is 2.08. The van der Waals surface area contributed by atoms with E-state index < -0.39 is 0 Å². The Morgan fingerprint density at radius 3 is 2.70 bits per heavy atom. The molecule has 1 heterocycles. The molecule has 5 heteroatoms. The van der Waals surface area contributed by atoms with Gasteiger partial charge in [0.05, 0.1) is 6.21 Å². The molecule has 20 heavy (non-hydrogen) atoms. The predicted molar refractivity (Wildman–Crippen MR) is 76.4 cm³/mol. The van der Waals surface area contributed by atoms with E-state index in [2.05, 4.69) is 16.6 Å². The predicted octanol–water partition coefficient (Wildman–Crippen LogP) is 1.97. The molecular formula is C15H14N4O. The zero-order valence-corrected chi connectivity index (χ0v) is 11.3. The molecule has 0 spiro atoms. The SMILES string of the molecule is Cc1c(/C=N\NC(=O)c2ccccc2)cc(C#N)n1C. The smallest absolute Gasteiger partial charge is 0.271 e. The van der Waals surface area contributed by atoms with E-state index in [0.29, 0.717) is 11.3 Å². The van der Waals surface area contributed by atoms with Gasteiger partial charge in [-0.3, -0.25) is 4.79 Å². The average Bonchev–Trinajstić information content (AvgIpc) is 2.76. The van der Waals surface area contributed by atoms with Crippen LogP contribution in [0.4, 0.5) is 0 Å². The van der Waals surface area contributed by atoms with Crippen LogP contribution in [0.3, 0.4) is 0 Å². The molecule has 0 atom stereocenters. The van der Waals surface area contributed by atoms with Gasteiger partial charge in [-0.15, -0.1) is 0 Å². The number of benzene rings is 1. The molecule has 5 nitrogen and oxygen atoms in total. The van der Waals surface area contributed by atoms with Crippen LogP contribution < -0.4 is 5.43 Å². The number of hydrazone groups is 1. The van der Waals surface area contributed by atoms with Crippen molar-refractivity contribution in [3.05, 3.63) is 58.9 Å². The molecule has 0 aliphatic rings. The molecule has 0 fully saturated rings. The molecule has 2 aromatic rings. The number of carbonyl (C=O) groups excluding carboxylic acids is 1. The lowest BCUT2D eigenvalue weighted by atomic mass is 10.2. The molecule has 0 aliphatic carbocycles. The van der Waals surface area contributed by atoms with Crippen LogP contribution in [0.2, 0.25) is 0 Å². The fourth-order valence-corrected chi connectivity index (χ4v) is 1.78. The number of nitrogens with zero attached hydrogens (tertiary/aromatic N) is 3. The lowest BCUT2D eigenvalue weighted by Gasteiger charge is -1.99. The van der Waals surface area contributed by atoms with Gasteiger partial charge in [-0.2, -0.15) is 10.4 Å². The van der Waals surface area contributed by atoms with Crippen LogP contribution in [-0.4, -0.2) is 16.7 Å². The van der Waals surface area contributed by atoms with Gasteiger partial charge in [0.15, 0.2) is 0 Å². The van der Waals surface area contributed by atoms with Gasteiger partial charge in [-0.05, 0) is 25.1 Å². The normalized spacial score (nSPS) is 10.4. The van der Waals surface area contributed by atoms with Gasteiger partial charge in [0.2, 0.25) is 0 Å². The van der Waals surface area contributed by atoms with Crippen LogP contribution in [0.15, 0.2) is 41.5 Å². The molecule has 2 rings (SSSR count). The van der Waals surface area contributed by atoms with E-state index in [4.69, 9.17) is 5.26 Å². The minimum atomic E-state index is -0.268. The van der Waals surface area contributed by atoms with Gasteiger partial charge >= 0.3 is 0 Å².